The van der Waals surface area contributed by atoms with Gasteiger partial charge in [-0.3, -0.25) is 25.0 Å². The van der Waals surface area contributed by atoms with Crippen LogP contribution in [0, 0.1) is 34.1 Å². The summed E-state index contributed by atoms with van der Waals surface area (Å²) in [5.74, 6) is -0.495. The van der Waals surface area contributed by atoms with Gasteiger partial charge in [-0.1, -0.05) is 26.8 Å². The topological polar surface area (TPSA) is 103 Å². The molecule has 1 heterocycles. The highest BCUT2D eigenvalue weighted by Gasteiger charge is 2.40. The zero-order valence-corrected chi connectivity index (χ0v) is 16.5. The van der Waals surface area contributed by atoms with Crippen molar-refractivity contribution in [3.8, 4) is 0 Å². The van der Waals surface area contributed by atoms with Crippen LogP contribution in [0.2, 0.25) is 0 Å². The van der Waals surface area contributed by atoms with Crippen LogP contribution in [0.4, 0.5) is 11.4 Å². The van der Waals surface area contributed by atoms with Crippen molar-refractivity contribution in [1.82, 2.24) is 0 Å². The van der Waals surface area contributed by atoms with E-state index in [2.05, 4.69) is 0 Å². The van der Waals surface area contributed by atoms with Gasteiger partial charge in [0.05, 0.1) is 9.85 Å². The Morgan fingerprint density at radius 3 is 1.96 bits per heavy atom. The summed E-state index contributed by atoms with van der Waals surface area (Å²) in [5.41, 5.74) is -1.24. The maximum absolute atomic E-state index is 12.8. The summed E-state index contributed by atoms with van der Waals surface area (Å²) in [6.45, 7) is 7.98. The van der Waals surface area contributed by atoms with Crippen molar-refractivity contribution in [2.45, 2.75) is 40.0 Å². The lowest BCUT2D eigenvalue weighted by molar-refractivity contribution is -0.397. The van der Waals surface area contributed by atoms with E-state index in [9.17, 15) is 25.0 Å². The molecule has 0 aliphatic heterocycles. The van der Waals surface area contributed by atoms with E-state index < -0.39 is 21.0 Å². The predicted molar refractivity (Wildman–Crippen MR) is 106 cm³/mol. The molecule has 8 heteroatoms. The lowest BCUT2D eigenvalue weighted by Gasteiger charge is -2.22. The summed E-state index contributed by atoms with van der Waals surface area (Å²) in [4.78, 5) is 35.8. The van der Waals surface area contributed by atoms with Gasteiger partial charge >= 0.3 is 0 Å². The third kappa shape index (κ3) is 3.95. The Kier molecular flexibility index (Phi) is 5.60. The van der Waals surface area contributed by atoms with E-state index in [1.807, 2.05) is 17.5 Å². The van der Waals surface area contributed by atoms with E-state index in [1.54, 1.807) is 26.8 Å². The lowest BCUT2D eigenvalue weighted by atomic mass is 9.79. The minimum absolute atomic E-state index is 0.00852. The Morgan fingerprint density at radius 1 is 1.07 bits per heavy atom. The highest BCUT2D eigenvalue weighted by molar-refractivity contribution is 7.10. The van der Waals surface area contributed by atoms with Crippen LogP contribution in [-0.2, 0) is 5.41 Å². The van der Waals surface area contributed by atoms with Gasteiger partial charge in [0, 0.05) is 27.0 Å². The standard InChI is InChI=1S/C19H20N2O5S/c1-11-15(14(22)9-8-13-7-6-10-27-13)12(2)18(21(25)26)16(19(3,4)5)17(11)20(23)24/h6-10H,1-5H3. The summed E-state index contributed by atoms with van der Waals surface area (Å²) >= 11 is 1.43. The molecule has 0 bridgehead atoms. The van der Waals surface area contributed by atoms with Crippen LogP contribution < -0.4 is 0 Å². The van der Waals surface area contributed by atoms with Crippen LogP contribution >= 0.6 is 11.3 Å². The number of hydrogen-bond acceptors (Lipinski definition) is 6. The molecule has 1 aromatic heterocycles. The second-order valence-electron chi connectivity index (χ2n) is 7.17. The van der Waals surface area contributed by atoms with Crippen molar-refractivity contribution >= 4 is 34.6 Å². The Labute approximate surface area is 160 Å². The normalized spacial score (nSPS) is 11.7. The number of benzene rings is 1. The third-order valence-electron chi connectivity index (χ3n) is 4.24. The molecule has 0 N–H and O–H groups in total. The van der Waals surface area contributed by atoms with E-state index in [0.717, 1.165) is 4.88 Å². The van der Waals surface area contributed by atoms with E-state index >= 15 is 0 Å². The molecular weight excluding hydrogens is 368 g/mol. The number of nitro benzene ring substituents is 2. The summed E-state index contributed by atoms with van der Waals surface area (Å²) < 4.78 is 0. The minimum Gasteiger partial charge on any atom is -0.289 e. The number of thiophene rings is 1. The van der Waals surface area contributed by atoms with E-state index in [4.69, 9.17) is 0 Å². The fraction of sp³-hybridized carbons (Fsp3) is 0.316. The molecule has 0 aliphatic carbocycles. The first kappa shape index (κ1) is 20.4. The maximum atomic E-state index is 12.8. The van der Waals surface area contributed by atoms with Crippen LogP contribution in [-0.4, -0.2) is 15.6 Å². The largest absolute Gasteiger partial charge is 0.289 e. The number of carbonyl (C=O) groups is 1. The molecule has 0 radical (unpaired) electrons. The van der Waals surface area contributed by atoms with Gasteiger partial charge in [-0.2, -0.15) is 0 Å². The number of nitrogens with zero attached hydrogens (tertiary/aromatic N) is 2. The Bertz CT molecular complexity index is 912. The molecule has 0 amide bonds. The average Bonchev–Trinajstić information content (AvgIpc) is 3.03. The molecule has 2 rings (SSSR count). The number of carbonyl (C=O) groups excluding carboxylic acids is 1. The quantitative estimate of drug-likeness (QED) is 0.296. The Morgan fingerprint density at radius 2 is 1.59 bits per heavy atom. The van der Waals surface area contributed by atoms with E-state index in [1.165, 1.54) is 31.3 Å². The first-order valence-corrected chi connectivity index (χ1v) is 9.07. The first-order valence-electron chi connectivity index (χ1n) is 8.19. The molecule has 7 nitrogen and oxygen atoms in total. The van der Waals surface area contributed by atoms with E-state index in [0.29, 0.717) is 0 Å². The van der Waals surface area contributed by atoms with Crippen LogP contribution in [0.25, 0.3) is 6.08 Å². The number of hydrogen-bond donors (Lipinski definition) is 0. The van der Waals surface area contributed by atoms with Crippen molar-refractivity contribution < 1.29 is 14.6 Å². The van der Waals surface area contributed by atoms with Gasteiger partial charge in [0.25, 0.3) is 11.4 Å². The van der Waals surface area contributed by atoms with Gasteiger partial charge in [-0.25, -0.2) is 0 Å². The third-order valence-corrected chi connectivity index (χ3v) is 5.08. The van der Waals surface area contributed by atoms with Crippen molar-refractivity contribution in [1.29, 1.82) is 0 Å². The predicted octanol–water partition coefficient (Wildman–Crippen LogP) is 5.37. The summed E-state index contributed by atoms with van der Waals surface area (Å²) in [6, 6.07) is 3.65. The molecule has 0 aliphatic rings. The molecule has 0 saturated carbocycles. The number of nitro groups is 2. The van der Waals surface area contributed by atoms with Gasteiger partial charge < -0.3 is 0 Å². The monoisotopic (exact) mass is 388 g/mol. The van der Waals surface area contributed by atoms with Crippen molar-refractivity contribution in [3.05, 3.63) is 70.9 Å². The molecule has 27 heavy (non-hydrogen) atoms. The molecule has 0 saturated heterocycles. The van der Waals surface area contributed by atoms with Gasteiger partial charge in [-0.05, 0) is 37.4 Å². The number of allylic oxidation sites excluding steroid dienone is 1. The molecule has 2 aromatic rings. The highest BCUT2D eigenvalue weighted by Crippen LogP contribution is 2.44. The van der Waals surface area contributed by atoms with Gasteiger partial charge in [0.2, 0.25) is 0 Å². The number of ketones is 1. The van der Waals surface area contributed by atoms with Gasteiger partial charge in [0.15, 0.2) is 5.78 Å². The highest BCUT2D eigenvalue weighted by atomic mass is 32.1. The smallest absolute Gasteiger partial charge is 0.283 e. The maximum Gasteiger partial charge on any atom is 0.283 e. The zero-order valence-electron chi connectivity index (χ0n) is 15.7. The lowest BCUT2D eigenvalue weighted by Crippen LogP contribution is -2.20. The Hall–Kier alpha value is -2.87. The van der Waals surface area contributed by atoms with Crippen LogP contribution in [0.15, 0.2) is 23.6 Å². The molecule has 1 aromatic carbocycles. The number of rotatable bonds is 5. The summed E-state index contributed by atoms with van der Waals surface area (Å²) in [6.07, 6.45) is 2.90. The van der Waals surface area contributed by atoms with Gasteiger partial charge in [-0.15, -0.1) is 11.3 Å². The van der Waals surface area contributed by atoms with Crippen LogP contribution in [0.1, 0.15) is 52.7 Å². The first-order chi connectivity index (χ1) is 12.5. The van der Waals surface area contributed by atoms with E-state index in [-0.39, 0.29) is 33.6 Å². The zero-order chi connectivity index (χ0) is 20.5. The summed E-state index contributed by atoms with van der Waals surface area (Å²) in [5, 5.41) is 25.4. The fourth-order valence-electron chi connectivity index (χ4n) is 3.17. The van der Waals surface area contributed by atoms with Crippen molar-refractivity contribution in [2.24, 2.45) is 0 Å². The Balaban J connectivity index is 2.81. The van der Waals surface area contributed by atoms with Crippen LogP contribution in [0.5, 0.6) is 0 Å². The van der Waals surface area contributed by atoms with Gasteiger partial charge in [0.1, 0.15) is 5.56 Å². The average molecular weight is 388 g/mol. The second-order valence-corrected chi connectivity index (χ2v) is 8.15. The fourth-order valence-corrected chi connectivity index (χ4v) is 3.79. The van der Waals surface area contributed by atoms with Crippen molar-refractivity contribution in [3.63, 3.8) is 0 Å². The summed E-state index contributed by atoms with van der Waals surface area (Å²) in [7, 11) is 0. The molecule has 0 unspecified atom stereocenters. The molecule has 0 atom stereocenters. The molecular formula is C19H20N2O5S. The SMILES string of the molecule is Cc1c(C(=O)C=Cc2cccs2)c(C)c([N+](=O)[O-])c(C(C)(C)C)c1[N+](=O)[O-]. The van der Waals surface area contributed by atoms with Crippen molar-refractivity contribution in [2.75, 3.05) is 0 Å². The second kappa shape index (κ2) is 7.40. The van der Waals surface area contributed by atoms with Crippen LogP contribution in [0.3, 0.4) is 0 Å². The molecule has 0 fully saturated rings. The molecule has 142 valence electrons. The minimum atomic E-state index is -0.839. The molecule has 0 spiro atoms.